The molecule has 0 radical (unpaired) electrons. The summed E-state index contributed by atoms with van der Waals surface area (Å²) in [7, 11) is 0. The van der Waals surface area contributed by atoms with Gasteiger partial charge in [-0.15, -0.1) is 0 Å². The number of ether oxygens (including phenoxy) is 3. The Hall–Kier alpha value is -4.19. The van der Waals surface area contributed by atoms with E-state index in [-0.39, 0.29) is 31.1 Å². The third-order valence-corrected chi connectivity index (χ3v) is 14.5. The zero-order valence-electron chi connectivity index (χ0n) is 53.0. The summed E-state index contributed by atoms with van der Waals surface area (Å²) < 4.78 is 16.8. The van der Waals surface area contributed by atoms with Crippen LogP contribution in [-0.4, -0.2) is 37.2 Å². The standard InChI is InChI=1S/C75H126O6/c1-4-7-10-13-15-17-19-21-23-25-27-29-31-33-35-36-37-38-40-41-43-45-47-49-51-53-55-57-59-62-65-68-74(77)80-71-72(70-79-73(76)67-64-61-12-9-6-3)81-75(78)69-66-63-60-58-56-54-52-50-48-46-44-42-39-34-32-30-28-26-24-22-20-18-16-14-11-8-5-2/h8,11,16,18-19,21-22,24-25,27-28,30-31,33-34,39,44,46,50,52,72H,4-7,9-10,12-15,17,20,23,26,29,32,35-38,40-43,45,47-49,51,53-71H2,1-3H3/b11-8-,18-16-,21-19-,24-22-,27-25-,30-28-,33-31-,39-34-,46-44-,52-50-. The van der Waals surface area contributed by atoms with E-state index in [2.05, 4.69) is 142 Å². The largest absolute Gasteiger partial charge is 0.462 e. The van der Waals surface area contributed by atoms with Gasteiger partial charge in [0.25, 0.3) is 0 Å². The first-order valence-electron chi connectivity index (χ1n) is 34.0. The number of hydrogen-bond donors (Lipinski definition) is 0. The summed E-state index contributed by atoms with van der Waals surface area (Å²) >= 11 is 0. The molecule has 0 heterocycles. The lowest BCUT2D eigenvalue weighted by atomic mass is 10.0. The van der Waals surface area contributed by atoms with Crippen molar-refractivity contribution in [2.24, 2.45) is 0 Å². The molecule has 0 aromatic carbocycles. The van der Waals surface area contributed by atoms with Gasteiger partial charge in [0.1, 0.15) is 13.2 Å². The van der Waals surface area contributed by atoms with E-state index < -0.39 is 6.10 Å². The third kappa shape index (κ3) is 66.5. The molecule has 0 aliphatic carbocycles. The molecule has 0 saturated carbocycles. The minimum atomic E-state index is -0.788. The van der Waals surface area contributed by atoms with Crippen LogP contribution in [0.3, 0.4) is 0 Å². The lowest BCUT2D eigenvalue weighted by Crippen LogP contribution is -2.30. The Morgan fingerprint density at radius 1 is 0.259 bits per heavy atom. The molecular weight excluding hydrogens is 997 g/mol. The summed E-state index contributed by atoms with van der Waals surface area (Å²) in [4.78, 5) is 38.0. The van der Waals surface area contributed by atoms with E-state index in [1.54, 1.807) is 0 Å². The maximum Gasteiger partial charge on any atom is 0.306 e. The Morgan fingerprint density at radius 2 is 0.481 bits per heavy atom. The summed E-state index contributed by atoms with van der Waals surface area (Å²) in [5, 5.41) is 0. The summed E-state index contributed by atoms with van der Waals surface area (Å²) in [5.74, 6) is -0.915. The van der Waals surface area contributed by atoms with Gasteiger partial charge in [-0.1, -0.05) is 303 Å². The van der Waals surface area contributed by atoms with Crippen LogP contribution in [0.25, 0.3) is 0 Å². The average molecular weight is 1120 g/mol. The molecule has 0 bridgehead atoms. The van der Waals surface area contributed by atoms with Crippen molar-refractivity contribution in [2.45, 2.75) is 322 Å². The minimum absolute atomic E-state index is 0.0865. The average Bonchev–Trinajstić information content (AvgIpc) is 3.47. The second-order valence-electron chi connectivity index (χ2n) is 22.4. The van der Waals surface area contributed by atoms with Crippen molar-refractivity contribution in [3.8, 4) is 0 Å². The van der Waals surface area contributed by atoms with Crippen molar-refractivity contribution in [3.05, 3.63) is 122 Å². The van der Waals surface area contributed by atoms with Gasteiger partial charge in [0, 0.05) is 19.3 Å². The molecule has 0 N–H and O–H groups in total. The number of hydrogen-bond acceptors (Lipinski definition) is 6. The maximum absolute atomic E-state index is 12.8. The quantitative estimate of drug-likeness (QED) is 0.0261. The van der Waals surface area contributed by atoms with Gasteiger partial charge in [0.2, 0.25) is 0 Å². The molecule has 6 heteroatoms. The van der Waals surface area contributed by atoms with E-state index in [0.29, 0.717) is 19.3 Å². The summed E-state index contributed by atoms with van der Waals surface area (Å²) in [6, 6.07) is 0. The number of unbranched alkanes of at least 4 members (excludes halogenated alkanes) is 30. The van der Waals surface area contributed by atoms with Gasteiger partial charge in [-0.25, -0.2) is 0 Å². The number of carbonyl (C=O) groups excluding carboxylic acids is 3. The van der Waals surface area contributed by atoms with Gasteiger partial charge in [0.05, 0.1) is 0 Å². The van der Waals surface area contributed by atoms with Gasteiger partial charge in [-0.3, -0.25) is 14.4 Å². The predicted octanol–water partition coefficient (Wildman–Crippen LogP) is 23.6. The van der Waals surface area contributed by atoms with Crippen LogP contribution in [0.15, 0.2) is 122 Å². The first kappa shape index (κ1) is 76.8. The highest BCUT2D eigenvalue weighted by molar-refractivity contribution is 5.71. The SMILES string of the molecule is CC/C=C\C/C=C\C/C=C\C/C=C\C/C=C\C/C=C\C/C=C\CCCCCCCC(=O)OC(COC(=O)CCCCCCC)COC(=O)CCCCCCCCCCCCCCCCCC/C=C\C/C=C\C/C=C\CCCCCCC. The summed E-state index contributed by atoms with van der Waals surface area (Å²) in [6.07, 6.45) is 95.6. The fourth-order valence-electron chi connectivity index (χ4n) is 9.37. The first-order valence-corrected chi connectivity index (χ1v) is 34.0. The molecule has 6 nitrogen and oxygen atoms in total. The normalized spacial score (nSPS) is 12.9. The molecule has 462 valence electrons. The highest BCUT2D eigenvalue weighted by Gasteiger charge is 2.19. The molecule has 0 fully saturated rings. The fourth-order valence-corrected chi connectivity index (χ4v) is 9.37. The minimum Gasteiger partial charge on any atom is -0.462 e. The Kier molecular flexibility index (Phi) is 64.8. The molecule has 0 aromatic rings. The first-order chi connectivity index (χ1) is 40.0. The Labute approximate surface area is 501 Å². The van der Waals surface area contributed by atoms with Gasteiger partial charge in [-0.05, 0) is 116 Å². The van der Waals surface area contributed by atoms with Crippen LogP contribution in [0.1, 0.15) is 316 Å². The van der Waals surface area contributed by atoms with E-state index in [0.717, 1.165) is 141 Å². The van der Waals surface area contributed by atoms with Gasteiger partial charge >= 0.3 is 17.9 Å². The van der Waals surface area contributed by atoms with Crippen LogP contribution in [0, 0.1) is 0 Å². The fraction of sp³-hybridized carbons (Fsp3) is 0.693. The number of carbonyl (C=O) groups is 3. The van der Waals surface area contributed by atoms with Crippen molar-refractivity contribution < 1.29 is 28.6 Å². The molecule has 0 aliphatic heterocycles. The highest BCUT2D eigenvalue weighted by atomic mass is 16.6. The molecule has 0 spiro atoms. The van der Waals surface area contributed by atoms with Gasteiger partial charge in [-0.2, -0.15) is 0 Å². The number of esters is 3. The summed E-state index contributed by atoms with van der Waals surface area (Å²) in [5.41, 5.74) is 0. The van der Waals surface area contributed by atoms with Gasteiger partial charge < -0.3 is 14.2 Å². The van der Waals surface area contributed by atoms with E-state index >= 15 is 0 Å². The second-order valence-corrected chi connectivity index (χ2v) is 22.4. The van der Waals surface area contributed by atoms with Crippen molar-refractivity contribution >= 4 is 17.9 Å². The number of rotatable bonds is 61. The van der Waals surface area contributed by atoms with Crippen molar-refractivity contribution in [1.82, 2.24) is 0 Å². The molecule has 0 rings (SSSR count). The zero-order valence-corrected chi connectivity index (χ0v) is 53.0. The molecule has 0 saturated heterocycles. The topological polar surface area (TPSA) is 78.9 Å². The monoisotopic (exact) mass is 1120 g/mol. The molecule has 0 aromatic heterocycles. The van der Waals surface area contributed by atoms with Crippen molar-refractivity contribution in [1.29, 1.82) is 0 Å². The van der Waals surface area contributed by atoms with Crippen LogP contribution in [0.2, 0.25) is 0 Å². The van der Waals surface area contributed by atoms with E-state index in [9.17, 15) is 14.4 Å². The lowest BCUT2D eigenvalue weighted by molar-refractivity contribution is -0.167. The van der Waals surface area contributed by atoms with Crippen LogP contribution < -0.4 is 0 Å². The smallest absolute Gasteiger partial charge is 0.306 e. The van der Waals surface area contributed by atoms with E-state index in [1.165, 1.54) is 135 Å². The Morgan fingerprint density at radius 3 is 0.753 bits per heavy atom. The maximum atomic E-state index is 12.8. The van der Waals surface area contributed by atoms with E-state index in [4.69, 9.17) is 14.2 Å². The molecule has 0 aliphatic rings. The van der Waals surface area contributed by atoms with Crippen molar-refractivity contribution in [3.63, 3.8) is 0 Å². The Bertz CT molecular complexity index is 1670. The summed E-state index contributed by atoms with van der Waals surface area (Å²) in [6.45, 7) is 6.43. The van der Waals surface area contributed by atoms with Crippen LogP contribution in [-0.2, 0) is 28.6 Å². The Balaban J connectivity index is 4.06. The van der Waals surface area contributed by atoms with Gasteiger partial charge in [0.15, 0.2) is 6.10 Å². The molecular formula is C75H126O6. The molecule has 1 atom stereocenters. The molecule has 81 heavy (non-hydrogen) atoms. The number of allylic oxidation sites excluding steroid dienone is 20. The zero-order chi connectivity index (χ0) is 58.5. The lowest BCUT2D eigenvalue weighted by Gasteiger charge is -2.18. The second kappa shape index (κ2) is 68.3. The highest BCUT2D eigenvalue weighted by Crippen LogP contribution is 2.16. The van der Waals surface area contributed by atoms with Crippen LogP contribution in [0.5, 0.6) is 0 Å². The predicted molar refractivity (Wildman–Crippen MR) is 353 cm³/mol. The van der Waals surface area contributed by atoms with Crippen LogP contribution >= 0.6 is 0 Å². The van der Waals surface area contributed by atoms with Crippen molar-refractivity contribution in [2.75, 3.05) is 13.2 Å². The molecule has 1 unspecified atom stereocenters. The van der Waals surface area contributed by atoms with Crippen LogP contribution in [0.4, 0.5) is 0 Å². The van der Waals surface area contributed by atoms with E-state index in [1.807, 2.05) is 0 Å². The molecule has 0 amide bonds. The third-order valence-electron chi connectivity index (χ3n) is 14.5.